The van der Waals surface area contributed by atoms with Gasteiger partial charge < -0.3 is 10.1 Å². The number of rotatable bonds is 8. The monoisotopic (exact) mass is 427 g/mol. The van der Waals surface area contributed by atoms with Crippen molar-refractivity contribution >= 4 is 21.6 Å². The molecule has 2 aromatic carbocycles. The van der Waals surface area contributed by atoms with Gasteiger partial charge in [-0.05, 0) is 75.1 Å². The van der Waals surface area contributed by atoms with E-state index >= 15 is 0 Å². The van der Waals surface area contributed by atoms with Crippen molar-refractivity contribution in [1.29, 1.82) is 5.26 Å². The van der Waals surface area contributed by atoms with E-state index in [1.165, 1.54) is 12.1 Å². The van der Waals surface area contributed by atoms with Crippen molar-refractivity contribution in [2.45, 2.75) is 50.0 Å². The SMILES string of the molecule is Cc1cc(S(=O)(=O)NC(C)C)ccc1OCC(=O)Nc1ccc(C2(C#N)CC2)cc1. The fourth-order valence-corrected chi connectivity index (χ4v) is 4.47. The summed E-state index contributed by atoms with van der Waals surface area (Å²) in [6.45, 7) is 5.02. The Bertz CT molecular complexity index is 1080. The fourth-order valence-electron chi connectivity index (χ4n) is 3.13. The molecule has 0 spiro atoms. The number of amides is 1. The van der Waals surface area contributed by atoms with E-state index in [1.54, 1.807) is 39.0 Å². The molecular formula is C22H25N3O4S. The van der Waals surface area contributed by atoms with Crippen molar-refractivity contribution in [1.82, 2.24) is 4.72 Å². The molecule has 7 nitrogen and oxygen atoms in total. The average molecular weight is 428 g/mol. The van der Waals surface area contributed by atoms with E-state index in [0.717, 1.165) is 18.4 Å². The number of nitriles is 1. The number of ether oxygens (including phenoxy) is 1. The van der Waals surface area contributed by atoms with Crippen LogP contribution in [-0.4, -0.2) is 27.0 Å². The highest BCUT2D eigenvalue weighted by molar-refractivity contribution is 7.89. The summed E-state index contributed by atoms with van der Waals surface area (Å²) in [7, 11) is -3.59. The lowest BCUT2D eigenvalue weighted by molar-refractivity contribution is -0.118. The van der Waals surface area contributed by atoms with Gasteiger partial charge in [-0.2, -0.15) is 5.26 Å². The minimum Gasteiger partial charge on any atom is -0.483 e. The number of hydrogen-bond acceptors (Lipinski definition) is 5. The van der Waals surface area contributed by atoms with E-state index in [1.807, 2.05) is 12.1 Å². The van der Waals surface area contributed by atoms with Crippen molar-refractivity contribution in [2.75, 3.05) is 11.9 Å². The van der Waals surface area contributed by atoms with E-state index in [4.69, 9.17) is 4.74 Å². The van der Waals surface area contributed by atoms with Crippen LogP contribution in [0.1, 0.15) is 37.8 Å². The Morgan fingerprint density at radius 2 is 1.87 bits per heavy atom. The number of carbonyl (C=O) groups excluding carboxylic acids is 1. The molecule has 0 aliphatic heterocycles. The highest BCUT2D eigenvalue weighted by atomic mass is 32.2. The smallest absolute Gasteiger partial charge is 0.262 e. The molecule has 158 valence electrons. The molecule has 0 heterocycles. The van der Waals surface area contributed by atoms with Gasteiger partial charge in [-0.3, -0.25) is 4.79 Å². The van der Waals surface area contributed by atoms with Crippen molar-refractivity contribution in [3.05, 3.63) is 53.6 Å². The highest BCUT2D eigenvalue weighted by Crippen LogP contribution is 2.47. The van der Waals surface area contributed by atoms with Gasteiger partial charge in [0.05, 0.1) is 16.4 Å². The number of aryl methyl sites for hydroxylation is 1. The van der Waals surface area contributed by atoms with E-state index in [9.17, 15) is 18.5 Å². The molecule has 0 atom stereocenters. The van der Waals surface area contributed by atoms with E-state index < -0.39 is 10.0 Å². The van der Waals surface area contributed by atoms with Gasteiger partial charge in [-0.25, -0.2) is 13.1 Å². The van der Waals surface area contributed by atoms with Crippen LogP contribution in [0.15, 0.2) is 47.4 Å². The third-order valence-corrected chi connectivity index (χ3v) is 6.55. The molecule has 0 radical (unpaired) electrons. The average Bonchev–Trinajstić information content (AvgIpc) is 3.48. The first-order chi connectivity index (χ1) is 14.1. The summed E-state index contributed by atoms with van der Waals surface area (Å²) in [6.07, 6.45) is 1.74. The molecule has 1 saturated carbocycles. The van der Waals surface area contributed by atoms with Crippen molar-refractivity contribution in [2.24, 2.45) is 0 Å². The molecule has 1 amide bonds. The molecule has 1 aliphatic rings. The molecule has 3 rings (SSSR count). The summed E-state index contributed by atoms with van der Waals surface area (Å²) in [5.74, 6) is 0.107. The number of nitrogens with one attached hydrogen (secondary N) is 2. The Kier molecular flexibility index (Phi) is 6.15. The van der Waals surface area contributed by atoms with E-state index in [-0.39, 0.29) is 28.9 Å². The molecule has 0 saturated heterocycles. The van der Waals surface area contributed by atoms with Gasteiger partial charge >= 0.3 is 0 Å². The zero-order valence-electron chi connectivity index (χ0n) is 17.2. The molecule has 0 unspecified atom stereocenters. The van der Waals surface area contributed by atoms with Gasteiger partial charge in [0.15, 0.2) is 6.61 Å². The van der Waals surface area contributed by atoms with Gasteiger partial charge in [0.2, 0.25) is 10.0 Å². The zero-order chi connectivity index (χ0) is 21.9. The number of sulfonamides is 1. The standard InChI is InChI=1S/C22H25N3O4S/c1-15(2)25-30(27,28)19-8-9-20(16(3)12-19)29-13-21(26)24-18-6-4-17(5-7-18)22(14-23)10-11-22/h4-9,12,15,25H,10-11,13H2,1-3H3,(H,24,26). The molecule has 0 aromatic heterocycles. The minimum absolute atomic E-state index is 0.149. The van der Waals surface area contributed by atoms with Crippen LogP contribution in [0.3, 0.4) is 0 Å². The molecule has 30 heavy (non-hydrogen) atoms. The normalized spacial score (nSPS) is 14.8. The number of nitrogens with zero attached hydrogens (tertiary/aromatic N) is 1. The molecule has 1 aliphatic carbocycles. The summed E-state index contributed by atoms with van der Waals surface area (Å²) in [4.78, 5) is 12.3. The predicted molar refractivity (Wildman–Crippen MR) is 114 cm³/mol. The maximum absolute atomic E-state index is 12.3. The van der Waals surface area contributed by atoms with E-state index in [0.29, 0.717) is 17.0 Å². The lowest BCUT2D eigenvalue weighted by Gasteiger charge is -2.13. The quantitative estimate of drug-likeness (QED) is 0.672. The van der Waals surface area contributed by atoms with Crippen LogP contribution in [-0.2, 0) is 20.2 Å². The first-order valence-corrected chi connectivity index (χ1v) is 11.2. The highest BCUT2D eigenvalue weighted by Gasteiger charge is 2.44. The Balaban J connectivity index is 1.58. The van der Waals surface area contributed by atoms with Crippen LogP contribution in [0.4, 0.5) is 5.69 Å². The Morgan fingerprint density at radius 1 is 1.20 bits per heavy atom. The fraction of sp³-hybridized carbons (Fsp3) is 0.364. The molecular weight excluding hydrogens is 402 g/mol. The van der Waals surface area contributed by atoms with Crippen LogP contribution in [0.5, 0.6) is 5.75 Å². The number of carbonyl (C=O) groups is 1. The van der Waals surface area contributed by atoms with Gasteiger partial charge in [-0.1, -0.05) is 12.1 Å². The Labute approximate surface area is 177 Å². The molecule has 2 N–H and O–H groups in total. The second-order valence-electron chi connectivity index (χ2n) is 7.81. The lowest BCUT2D eigenvalue weighted by atomic mass is 9.98. The maximum atomic E-state index is 12.3. The summed E-state index contributed by atoms with van der Waals surface area (Å²) in [6, 6.07) is 13.9. The topological polar surface area (TPSA) is 108 Å². The van der Waals surface area contributed by atoms with Crippen LogP contribution in [0.25, 0.3) is 0 Å². The van der Waals surface area contributed by atoms with Gasteiger partial charge in [-0.15, -0.1) is 0 Å². The first-order valence-electron chi connectivity index (χ1n) is 9.73. The largest absolute Gasteiger partial charge is 0.483 e. The van der Waals surface area contributed by atoms with Crippen LogP contribution < -0.4 is 14.8 Å². The van der Waals surface area contributed by atoms with Crippen molar-refractivity contribution in [3.8, 4) is 11.8 Å². The second kappa shape index (κ2) is 8.46. The maximum Gasteiger partial charge on any atom is 0.262 e. The number of benzene rings is 2. The summed E-state index contributed by atoms with van der Waals surface area (Å²) < 4.78 is 32.6. The lowest BCUT2D eigenvalue weighted by Crippen LogP contribution is -2.30. The third-order valence-electron chi connectivity index (χ3n) is 4.89. The first kappa shape index (κ1) is 21.8. The minimum atomic E-state index is -3.59. The number of anilines is 1. The summed E-state index contributed by atoms with van der Waals surface area (Å²) in [5, 5.41) is 12.0. The van der Waals surface area contributed by atoms with Crippen LogP contribution >= 0.6 is 0 Å². The van der Waals surface area contributed by atoms with Crippen LogP contribution in [0, 0.1) is 18.3 Å². The zero-order valence-corrected chi connectivity index (χ0v) is 18.0. The third kappa shape index (κ3) is 4.99. The van der Waals surface area contributed by atoms with Gasteiger partial charge in [0.25, 0.3) is 5.91 Å². The van der Waals surface area contributed by atoms with Gasteiger partial charge in [0, 0.05) is 11.7 Å². The second-order valence-corrected chi connectivity index (χ2v) is 9.53. The van der Waals surface area contributed by atoms with Crippen molar-refractivity contribution in [3.63, 3.8) is 0 Å². The summed E-state index contributed by atoms with van der Waals surface area (Å²) in [5.41, 5.74) is 1.86. The van der Waals surface area contributed by atoms with Gasteiger partial charge in [0.1, 0.15) is 5.75 Å². The summed E-state index contributed by atoms with van der Waals surface area (Å²) >= 11 is 0. The Morgan fingerprint density at radius 3 is 2.40 bits per heavy atom. The molecule has 2 aromatic rings. The number of hydrogen-bond donors (Lipinski definition) is 2. The van der Waals surface area contributed by atoms with Crippen molar-refractivity contribution < 1.29 is 17.9 Å². The molecule has 8 heteroatoms. The molecule has 0 bridgehead atoms. The predicted octanol–water partition coefficient (Wildman–Crippen LogP) is 3.25. The Hall–Kier alpha value is -2.89. The van der Waals surface area contributed by atoms with E-state index in [2.05, 4.69) is 16.1 Å². The molecule has 1 fully saturated rings. The van der Waals surface area contributed by atoms with Crippen LogP contribution in [0.2, 0.25) is 0 Å².